The second-order valence-electron chi connectivity index (χ2n) is 7.18. The molecule has 0 saturated carbocycles. The molecule has 0 fully saturated rings. The van der Waals surface area contributed by atoms with Crippen LogP contribution in [0.3, 0.4) is 0 Å². The number of methoxy groups -OCH3 is 1. The van der Waals surface area contributed by atoms with Crippen LogP contribution in [-0.4, -0.2) is 82.0 Å². The third-order valence-corrected chi connectivity index (χ3v) is 7.19. The number of carbonyl (C=O) groups is 1. The van der Waals surface area contributed by atoms with Gasteiger partial charge in [0.15, 0.2) is 5.78 Å². The van der Waals surface area contributed by atoms with E-state index >= 15 is 0 Å². The third-order valence-electron chi connectivity index (χ3n) is 4.93. The van der Waals surface area contributed by atoms with E-state index in [4.69, 9.17) is 23.1 Å². The molecule has 0 radical (unpaired) electrons. The summed E-state index contributed by atoms with van der Waals surface area (Å²) in [5, 5.41) is 29.5. The number of phenolic OH excluding ortho intramolecular Hbond substituents is 3. The van der Waals surface area contributed by atoms with Gasteiger partial charge in [-0.05, 0) is 30.7 Å². The molecule has 0 aliphatic rings. The van der Waals surface area contributed by atoms with Crippen LogP contribution in [0.1, 0.15) is 22.3 Å². The van der Waals surface area contributed by atoms with Crippen LogP contribution in [0.2, 0.25) is 6.04 Å². The molecule has 0 saturated heterocycles. The fourth-order valence-corrected chi connectivity index (χ4v) is 4.09. The monoisotopic (exact) mass is 482 g/mol. The summed E-state index contributed by atoms with van der Waals surface area (Å²) >= 11 is 0. The molecule has 33 heavy (non-hydrogen) atoms. The van der Waals surface area contributed by atoms with E-state index in [0.717, 1.165) is 6.07 Å². The highest BCUT2D eigenvalue weighted by Gasteiger charge is 2.33. The zero-order chi connectivity index (χ0) is 24.4. The summed E-state index contributed by atoms with van der Waals surface area (Å²) in [6, 6.07) is 8.15. The van der Waals surface area contributed by atoms with Crippen LogP contribution in [0.5, 0.6) is 23.0 Å². The van der Waals surface area contributed by atoms with Crippen LogP contribution in [-0.2, 0) is 18.3 Å². The van der Waals surface area contributed by atoms with Gasteiger partial charge in [0.25, 0.3) is 0 Å². The number of hydrogen-bond donors (Lipinski definition) is 4. The maximum Gasteiger partial charge on any atom is 0.497 e. The van der Waals surface area contributed by atoms with Crippen molar-refractivity contribution in [1.82, 2.24) is 0 Å². The molecule has 1 unspecified atom stereocenters. The van der Waals surface area contributed by atoms with Gasteiger partial charge in [-0.15, -0.1) is 0 Å². The van der Waals surface area contributed by atoms with Crippen molar-refractivity contribution in [2.24, 2.45) is 0 Å². The molecular formula is C22H30O10Si. The average Bonchev–Trinajstić information content (AvgIpc) is 2.80. The number of ether oxygens (including phenoxy) is 3. The molecule has 0 spiro atoms. The van der Waals surface area contributed by atoms with Crippen molar-refractivity contribution in [3.63, 3.8) is 0 Å². The second-order valence-corrected chi connectivity index (χ2v) is 9.92. The predicted octanol–water partition coefficient (Wildman–Crippen LogP) is 2.06. The molecule has 0 aliphatic carbocycles. The number of carbonyl (C=O) groups excluding carboxylic acids is 1. The Labute approximate surface area is 193 Å². The molecule has 2 rings (SSSR count). The lowest BCUT2D eigenvalue weighted by molar-refractivity contribution is -0.0148. The molecule has 0 aromatic heterocycles. The average molecular weight is 483 g/mol. The van der Waals surface area contributed by atoms with Gasteiger partial charge in [0, 0.05) is 46.1 Å². The minimum atomic E-state index is -3.10. The Morgan fingerprint density at radius 2 is 1.58 bits per heavy atom. The van der Waals surface area contributed by atoms with Gasteiger partial charge in [-0.1, -0.05) is 0 Å². The highest BCUT2D eigenvalue weighted by molar-refractivity contribution is 6.59. The van der Waals surface area contributed by atoms with Gasteiger partial charge in [0.1, 0.15) is 35.7 Å². The number of benzene rings is 2. The van der Waals surface area contributed by atoms with Crippen LogP contribution in [0, 0.1) is 0 Å². The quantitative estimate of drug-likeness (QED) is 0.179. The molecule has 11 heteroatoms. The lowest BCUT2D eigenvalue weighted by atomic mass is 10.0. The standard InChI is InChI=1S/C22H30O10Si/c1-28-17(13-31-9-4-10-33(27,29-2)30-3)14-32-16-6-8-19(21(25)12-16)22(26)18-7-5-15(23)11-20(18)24/h5-8,11-12,17,23-25,27H,4,9-10,13-14H2,1-3H3. The topological polar surface area (TPSA) is 144 Å². The van der Waals surface area contributed by atoms with E-state index in [1.807, 2.05) is 0 Å². The molecule has 2 aromatic carbocycles. The van der Waals surface area contributed by atoms with Crippen LogP contribution < -0.4 is 4.74 Å². The lowest BCUT2D eigenvalue weighted by Gasteiger charge is -2.20. The summed E-state index contributed by atoms with van der Waals surface area (Å²) in [5.74, 6) is -1.17. The van der Waals surface area contributed by atoms with Crippen LogP contribution >= 0.6 is 0 Å². The fraction of sp³-hybridized carbons (Fsp3) is 0.409. The zero-order valence-electron chi connectivity index (χ0n) is 18.8. The minimum absolute atomic E-state index is 0.0226. The highest BCUT2D eigenvalue weighted by atomic mass is 28.4. The van der Waals surface area contributed by atoms with Crippen molar-refractivity contribution >= 4 is 14.6 Å². The first-order chi connectivity index (χ1) is 15.7. The predicted molar refractivity (Wildman–Crippen MR) is 120 cm³/mol. The van der Waals surface area contributed by atoms with E-state index in [1.165, 1.54) is 51.7 Å². The van der Waals surface area contributed by atoms with Gasteiger partial charge in [-0.2, -0.15) is 0 Å². The lowest BCUT2D eigenvalue weighted by Crippen LogP contribution is -2.40. The smallest absolute Gasteiger partial charge is 0.497 e. The van der Waals surface area contributed by atoms with E-state index in [9.17, 15) is 24.9 Å². The molecule has 0 bridgehead atoms. The van der Waals surface area contributed by atoms with Gasteiger partial charge in [0.05, 0.1) is 17.7 Å². The maximum absolute atomic E-state index is 12.6. The number of hydrogen-bond acceptors (Lipinski definition) is 10. The molecule has 1 atom stereocenters. The zero-order valence-corrected chi connectivity index (χ0v) is 19.8. The van der Waals surface area contributed by atoms with E-state index in [1.54, 1.807) is 0 Å². The molecular weight excluding hydrogens is 452 g/mol. The summed E-state index contributed by atoms with van der Waals surface area (Å²) in [6.45, 7) is 0.763. The first-order valence-electron chi connectivity index (χ1n) is 10.2. The molecule has 10 nitrogen and oxygen atoms in total. The third kappa shape index (κ3) is 7.70. The number of ketones is 1. The van der Waals surface area contributed by atoms with Crippen LogP contribution in [0.25, 0.3) is 0 Å². The van der Waals surface area contributed by atoms with Crippen LogP contribution in [0.15, 0.2) is 36.4 Å². The number of rotatable bonds is 14. The normalized spacial score (nSPS) is 12.5. The van der Waals surface area contributed by atoms with E-state index in [-0.39, 0.29) is 47.7 Å². The second kappa shape index (κ2) is 12.5. The number of aromatic hydroxyl groups is 3. The molecule has 2 aromatic rings. The SMILES string of the molecule is COC(COCCC[Si](O)(OC)OC)COc1ccc(C(=O)c2ccc(O)cc2O)c(O)c1. The van der Waals surface area contributed by atoms with Crippen molar-refractivity contribution in [1.29, 1.82) is 0 Å². The van der Waals surface area contributed by atoms with E-state index in [2.05, 4.69) is 0 Å². The Morgan fingerprint density at radius 1 is 0.939 bits per heavy atom. The molecule has 4 N–H and O–H groups in total. The van der Waals surface area contributed by atoms with Gasteiger partial charge in [-0.25, -0.2) is 0 Å². The van der Waals surface area contributed by atoms with Crippen LogP contribution in [0.4, 0.5) is 0 Å². The summed E-state index contributed by atoms with van der Waals surface area (Å²) in [4.78, 5) is 22.6. The Morgan fingerprint density at radius 3 is 2.15 bits per heavy atom. The van der Waals surface area contributed by atoms with Crippen molar-refractivity contribution in [3.05, 3.63) is 47.5 Å². The molecule has 0 amide bonds. The first-order valence-corrected chi connectivity index (χ1v) is 12.2. The molecule has 0 heterocycles. The Balaban J connectivity index is 1.86. The van der Waals surface area contributed by atoms with Crippen molar-refractivity contribution in [2.75, 3.05) is 41.2 Å². The van der Waals surface area contributed by atoms with Crippen molar-refractivity contribution in [2.45, 2.75) is 18.6 Å². The summed E-state index contributed by atoms with van der Waals surface area (Å²) in [6.07, 6.45) is 0.171. The summed E-state index contributed by atoms with van der Waals surface area (Å²) in [7, 11) is 1.24. The van der Waals surface area contributed by atoms with Gasteiger partial charge < -0.3 is 43.2 Å². The van der Waals surface area contributed by atoms with Gasteiger partial charge in [-0.3, -0.25) is 4.79 Å². The maximum atomic E-state index is 12.6. The van der Waals surface area contributed by atoms with Gasteiger partial charge >= 0.3 is 8.80 Å². The van der Waals surface area contributed by atoms with E-state index in [0.29, 0.717) is 24.8 Å². The van der Waals surface area contributed by atoms with Crippen molar-refractivity contribution in [3.8, 4) is 23.0 Å². The van der Waals surface area contributed by atoms with Gasteiger partial charge in [0.2, 0.25) is 0 Å². The minimum Gasteiger partial charge on any atom is -0.508 e. The Kier molecular flexibility index (Phi) is 10.1. The molecule has 0 aliphatic heterocycles. The largest absolute Gasteiger partial charge is 0.508 e. The van der Waals surface area contributed by atoms with Crippen molar-refractivity contribution < 1.29 is 48.0 Å². The summed E-state index contributed by atoms with van der Waals surface area (Å²) in [5.41, 5.74) is -0.0731. The number of phenols is 3. The first kappa shape index (κ1) is 26.6. The fourth-order valence-electron chi connectivity index (χ4n) is 2.92. The van der Waals surface area contributed by atoms with E-state index < -0.39 is 14.6 Å². The Bertz CT molecular complexity index is 916. The Hall–Kier alpha value is -2.67. The highest BCUT2D eigenvalue weighted by Crippen LogP contribution is 2.30. The summed E-state index contributed by atoms with van der Waals surface area (Å²) < 4.78 is 26.5. The molecule has 182 valence electrons.